The fraction of sp³-hybridized carbons (Fsp3) is 0.571. The summed E-state index contributed by atoms with van der Waals surface area (Å²) in [4.78, 5) is 0.340. The van der Waals surface area contributed by atoms with Gasteiger partial charge in [0.2, 0.25) is 10.0 Å². The van der Waals surface area contributed by atoms with Crippen molar-refractivity contribution in [2.45, 2.75) is 45.4 Å². The van der Waals surface area contributed by atoms with Crippen LogP contribution in [0.1, 0.15) is 37.8 Å². The van der Waals surface area contributed by atoms with E-state index in [1.165, 1.54) is 0 Å². The largest absolute Gasteiger partial charge is 0.398 e. The number of hydrogen-bond donors (Lipinski definition) is 1. The third kappa shape index (κ3) is 3.48. The molecule has 4 nitrogen and oxygen atoms in total. The zero-order valence-electron chi connectivity index (χ0n) is 12.2. The second kappa shape index (κ2) is 6.39. The van der Waals surface area contributed by atoms with Gasteiger partial charge in [-0.3, -0.25) is 0 Å². The molecule has 0 radical (unpaired) electrons. The average molecular weight is 284 g/mol. The van der Waals surface area contributed by atoms with Crippen molar-refractivity contribution in [3.63, 3.8) is 0 Å². The number of aryl methyl sites for hydroxylation is 1. The summed E-state index contributed by atoms with van der Waals surface area (Å²) in [7, 11) is -3.45. The van der Waals surface area contributed by atoms with Crippen molar-refractivity contribution in [3.05, 3.63) is 23.3 Å². The quantitative estimate of drug-likeness (QED) is 0.817. The molecule has 0 unspecified atom stereocenters. The van der Waals surface area contributed by atoms with Crippen molar-refractivity contribution < 1.29 is 8.42 Å². The van der Waals surface area contributed by atoms with E-state index in [2.05, 4.69) is 0 Å². The topological polar surface area (TPSA) is 63.4 Å². The van der Waals surface area contributed by atoms with Gasteiger partial charge in [-0.2, -0.15) is 4.31 Å². The highest BCUT2D eigenvalue weighted by atomic mass is 32.2. The number of benzene rings is 1. The first-order valence-electron chi connectivity index (χ1n) is 6.71. The average Bonchev–Trinajstić information content (AvgIpc) is 2.33. The molecule has 0 aliphatic heterocycles. The normalized spacial score (nSPS) is 12.1. The highest BCUT2D eigenvalue weighted by Gasteiger charge is 2.25. The van der Waals surface area contributed by atoms with E-state index in [4.69, 9.17) is 5.73 Å². The third-order valence-corrected chi connectivity index (χ3v) is 5.13. The van der Waals surface area contributed by atoms with Crippen molar-refractivity contribution in [1.29, 1.82) is 0 Å². The number of rotatable bonds is 6. The maximum Gasteiger partial charge on any atom is 0.243 e. The number of nitrogen functional groups attached to an aromatic ring is 1. The Morgan fingerprint density at radius 2 is 1.63 bits per heavy atom. The van der Waals surface area contributed by atoms with Gasteiger partial charge in [0.15, 0.2) is 0 Å². The smallest absolute Gasteiger partial charge is 0.243 e. The first kappa shape index (κ1) is 16.0. The molecule has 19 heavy (non-hydrogen) atoms. The predicted octanol–water partition coefficient (Wildman–Crippen LogP) is 2.70. The molecule has 0 atom stereocenters. The van der Waals surface area contributed by atoms with Gasteiger partial charge in [-0.25, -0.2) is 8.42 Å². The van der Waals surface area contributed by atoms with Gasteiger partial charge < -0.3 is 5.73 Å². The lowest BCUT2D eigenvalue weighted by molar-refractivity contribution is 0.409. The van der Waals surface area contributed by atoms with Crippen LogP contribution in [0.3, 0.4) is 0 Å². The van der Waals surface area contributed by atoms with Crippen LogP contribution in [0.15, 0.2) is 17.0 Å². The van der Waals surface area contributed by atoms with E-state index in [0.29, 0.717) is 29.2 Å². The standard InChI is InChI=1S/C14H24N2O2S/c1-5-7-16(8-6-2)19(17,18)14-10-11(3)9-13(15)12(14)4/h9-10H,5-8,15H2,1-4H3. The van der Waals surface area contributed by atoms with Crippen molar-refractivity contribution >= 4 is 15.7 Å². The molecule has 2 N–H and O–H groups in total. The van der Waals surface area contributed by atoms with Gasteiger partial charge in [-0.1, -0.05) is 13.8 Å². The van der Waals surface area contributed by atoms with E-state index in [1.54, 1.807) is 23.4 Å². The Labute approximate surface area is 116 Å². The minimum absolute atomic E-state index is 0.340. The van der Waals surface area contributed by atoms with Crippen molar-refractivity contribution in [2.24, 2.45) is 0 Å². The molecule has 0 saturated carbocycles. The van der Waals surface area contributed by atoms with Gasteiger partial charge in [0, 0.05) is 18.8 Å². The molecule has 5 heteroatoms. The molecule has 0 saturated heterocycles. The number of hydrogen-bond acceptors (Lipinski definition) is 3. The van der Waals surface area contributed by atoms with Crippen molar-refractivity contribution in [1.82, 2.24) is 4.31 Å². The summed E-state index contributed by atoms with van der Waals surface area (Å²) < 4.78 is 27.0. The van der Waals surface area contributed by atoms with Crippen LogP contribution in [-0.4, -0.2) is 25.8 Å². The van der Waals surface area contributed by atoms with Gasteiger partial charge in [0.1, 0.15) is 0 Å². The van der Waals surface area contributed by atoms with Gasteiger partial charge in [0.25, 0.3) is 0 Å². The van der Waals surface area contributed by atoms with Gasteiger partial charge in [-0.05, 0) is 49.9 Å². The van der Waals surface area contributed by atoms with Crippen LogP contribution in [0.25, 0.3) is 0 Å². The fourth-order valence-corrected chi connectivity index (χ4v) is 4.07. The lowest BCUT2D eigenvalue weighted by atomic mass is 10.1. The molecule has 0 aromatic heterocycles. The fourth-order valence-electron chi connectivity index (χ4n) is 2.11. The second-order valence-corrected chi connectivity index (χ2v) is 6.79. The molecule has 0 amide bonds. The van der Waals surface area contributed by atoms with E-state index in [-0.39, 0.29) is 0 Å². The minimum Gasteiger partial charge on any atom is -0.398 e. The van der Waals surface area contributed by atoms with E-state index in [9.17, 15) is 8.42 Å². The molecule has 0 spiro atoms. The Kier molecular flexibility index (Phi) is 5.38. The van der Waals surface area contributed by atoms with Crippen molar-refractivity contribution in [2.75, 3.05) is 18.8 Å². The Hall–Kier alpha value is -1.07. The summed E-state index contributed by atoms with van der Waals surface area (Å²) in [5.74, 6) is 0. The first-order valence-corrected chi connectivity index (χ1v) is 8.15. The third-order valence-electron chi connectivity index (χ3n) is 3.11. The van der Waals surface area contributed by atoms with Crippen LogP contribution in [0.4, 0.5) is 5.69 Å². The summed E-state index contributed by atoms with van der Waals surface area (Å²) >= 11 is 0. The highest BCUT2D eigenvalue weighted by Crippen LogP contribution is 2.26. The van der Waals surface area contributed by atoms with Gasteiger partial charge in [-0.15, -0.1) is 0 Å². The molecule has 1 aromatic carbocycles. The zero-order chi connectivity index (χ0) is 14.6. The molecule has 0 fully saturated rings. The Bertz CT molecular complexity index is 533. The summed E-state index contributed by atoms with van der Waals surface area (Å²) in [6.07, 6.45) is 1.61. The van der Waals surface area contributed by atoms with Gasteiger partial charge >= 0.3 is 0 Å². The molecule has 0 heterocycles. The second-order valence-electron chi connectivity index (χ2n) is 4.88. The van der Waals surface area contributed by atoms with Gasteiger partial charge in [0.05, 0.1) is 4.90 Å². The van der Waals surface area contributed by atoms with Crippen LogP contribution in [-0.2, 0) is 10.0 Å². The maximum absolute atomic E-state index is 12.7. The van der Waals surface area contributed by atoms with Crippen LogP contribution in [0.2, 0.25) is 0 Å². The summed E-state index contributed by atoms with van der Waals surface area (Å²) in [6.45, 7) is 8.68. The van der Waals surface area contributed by atoms with E-state index < -0.39 is 10.0 Å². The van der Waals surface area contributed by atoms with E-state index in [0.717, 1.165) is 18.4 Å². The minimum atomic E-state index is -3.45. The Balaban J connectivity index is 3.32. The Morgan fingerprint density at radius 3 is 2.11 bits per heavy atom. The molecule has 0 aliphatic rings. The first-order chi connectivity index (χ1) is 8.84. The number of anilines is 1. The van der Waals surface area contributed by atoms with Crippen molar-refractivity contribution in [3.8, 4) is 0 Å². The highest BCUT2D eigenvalue weighted by molar-refractivity contribution is 7.89. The van der Waals surface area contributed by atoms with Crippen LogP contribution in [0.5, 0.6) is 0 Å². The summed E-state index contributed by atoms with van der Waals surface area (Å²) in [5, 5.41) is 0. The molecule has 1 aromatic rings. The predicted molar refractivity (Wildman–Crippen MR) is 79.7 cm³/mol. The van der Waals surface area contributed by atoms with Crippen LogP contribution < -0.4 is 5.73 Å². The van der Waals surface area contributed by atoms with Crippen LogP contribution in [0, 0.1) is 13.8 Å². The molecule has 0 bridgehead atoms. The zero-order valence-corrected chi connectivity index (χ0v) is 13.0. The SMILES string of the molecule is CCCN(CCC)S(=O)(=O)c1cc(C)cc(N)c1C. The number of nitrogens with two attached hydrogens (primary N) is 1. The Morgan fingerprint density at radius 1 is 1.11 bits per heavy atom. The van der Waals surface area contributed by atoms with E-state index in [1.807, 2.05) is 20.8 Å². The molecule has 1 rings (SSSR count). The molecular formula is C14H24N2O2S. The summed E-state index contributed by atoms with van der Waals surface area (Å²) in [5.41, 5.74) is 7.93. The number of nitrogens with zero attached hydrogens (tertiary/aromatic N) is 1. The maximum atomic E-state index is 12.7. The lowest BCUT2D eigenvalue weighted by Gasteiger charge is -2.22. The molecule has 108 valence electrons. The molecular weight excluding hydrogens is 260 g/mol. The lowest BCUT2D eigenvalue weighted by Crippen LogP contribution is -2.33. The monoisotopic (exact) mass is 284 g/mol. The molecule has 0 aliphatic carbocycles. The van der Waals surface area contributed by atoms with Crippen LogP contribution >= 0.6 is 0 Å². The van der Waals surface area contributed by atoms with E-state index >= 15 is 0 Å². The number of sulfonamides is 1. The summed E-state index contributed by atoms with van der Waals surface area (Å²) in [6, 6.07) is 3.51.